The molecule has 0 aliphatic rings. The van der Waals surface area contributed by atoms with Crippen LogP contribution in [-0.4, -0.2) is 53.8 Å². The normalized spacial score (nSPS) is 8.65. The predicted octanol–water partition coefficient (Wildman–Crippen LogP) is -1.68. The third kappa shape index (κ3) is 7790. The van der Waals surface area contributed by atoms with Gasteiger partial charge in [-0.2, -0.15) is 0 Å². The zero-order valence-corrected chi connectivity index (χ0v) is 8.31. The molecule has 0 aliphatic heterocycles. The first-order valence-electron chi connectivity index (χ1n) is 3.26. The van der Waals surface area contributed by atoms with Crippen LogP contribution in [0.2, 0.25) is 0 Å². The van der Waals surface area contributed by atoms with Crippen molar-refractivity contribution in [2.24, 2.45) is 0 Å². The Morgan fingerprint density at radius 1 is 0.941 bits per heavy atom. The summed E-state index contributed by atoms with van der Waals surface area (Å²) in [5.41, 5.74) is 0. The molecule has 0 heterocycles. The number of nitrogens with zero attached hydrogens (tertiary/aromatic N) is 3. The van der Waals surface area contributed by atoms with Gasteiger partial charge in [-0.15, -0.1) is 30.3 Å². The van der Waals surface area contributed by atoms with Crippen LogP contribution < -0.4 is 0 Å². The van der Waals surface area contributed by atoms with Crippen molar-refractivity contribution in [3.63, 3.8) is 0 Å². The smallest absolute Gasteiger partial charge is 0.291 e. The van der Waals surface area contributed by atoms with Crippen LogP contribution >= 0.6 is 0 Å². The minimum Gasteiger partial charge on any atom is -0.394 e. The molecule has 0 amide bonds. The molecule has 0 radical (unpaired) electrons. The Kier molecular flexibility index (Phi) is 27.0. The van der Waals surface area contributed by atoms with E-state index >= 15 is 0 Å². The number of hydrogen-bond donors (Lipinski definition) is 5. The van der Waals surface area contributed by atoms with Gasteiger partial charge in [0, 0.05) is 0 Å². The summed E-state index contributed by atoms with van der Waals surface area (Å²) in [5.74, 6) is 0. The SMILES string of the molecule is CC(O)CO.O=[N+]([O-])O.O=[N+]([O-])O.O=[N+]([O-])O. The highest BCUT2D eigenvalue weighted by atomic mass is 16.9. The molecule has 0 fully saturated rings. The molecule has 0 aliphatic carbocycles. The van der Waals surface area contributed by atoms with Crippen molar-refractivity contribution < 1.29 is 41.1 Å². The fourth-order valence-corrected chi connectivity index (χ4v) is 0. The summed E-state index contributed by atoms with van der Waals surface area (Å²) in [4.78, 5) is 25.1. The van der Waals surface area contributed by atoms with E-state index in [0.29, 0.717) is 0 Å². The second-order valence-corrected chi connectivity index (χ2v) is 1.75. The minimum atomic E-state index is -1.50. The number of aliphatic hydroxyl groups is 2. The van der Waals surface area contributed by atoms with Gasteiger partial charge in [-0.1, -0.05) is 0 Å². The van der Waals surface area contributed by atoms with Crippen LogP contribution in [0.4, 0.5) is 0 Å². The van der Waals surface area contributed by atoms with Crippen molar-refractivity contribution >= 4 is 0 Å². The zero-order chi connectivity index (χ0) is 15.0. The lowest BCUT2D eigenvalue weighted by Gasteiger charge is -1.90. The number of rotatable bonds is 1. The van der Waals surface area contributed by atoms with E-state index in [1.165, 1.54) is 6.92 Å². The maximum atomic E-state index is 8.36. The van der Waals surface area contributed by atoms with Crippen molar-refractivity contribution in [3.05, 3.63) is 30.3 Å². The van der Waals surface area contributed by atoms with Crippen LogP contribution in [0.15, 0.2) is 0 Å². The molecule has 1 unspecified atom stereocenters. The van der Waals surface area contributed by atoms with Gasteiger partial charge >= 0.3 is 0 Å². The number of aliphatic hydroxyl groups excluding tert-OH is 2. The lowest BCUT2D eigenvalue weighted by Crippen LogP contribution is -2.03. The molecule has 0 saturated heterocycles. The second-order valence-electron chi connectivity index (χ2n) is 1.75. The molecular weight excluding hydrogens is 254 g/mol. The summed E-state index contributed by atoms with van der Waals surface area (Å²) in [6.45, 7) is 1.39. The third-order valence-electron chi connectivity index (χ3n) is 0.264. The molecule has 14 heteroatoms. The first-order valence-corrected chi connectivity index (χ1v) is 3.26. The van der Waals surface area contributed by atoms with Crippen LogP contribution in [0.1, 0.15) is 6.92 Å². The molecule has 5 N–H and O–H groups in total. The van der Waals surface area contributed by atoms with Crippen LogP contribution in [-0.2, 0) is 0 Å². The molecule has 14 nitrogen and oxygen atoms in total. The van der Waals surface area contributed by atoms with Crippen molar-refractivity contribution in [2.45, 2.75) is 13.0 Å². The first kappa shape index (κ1) is 24.0. The Hall–Kier alpha value is -2.48. The minimum absolute atomic E-state index is 0.139. The van der Waals surface area contributed by atoms with Crippen molar-refractivity contribution in [3.8, 4) is 0 Å². The van der Waals surface area contributed by atoms with Crippen LogP contribution in [0.25, 0.3) is 0 Å². The summed E-state index contributed by atoms with van der Waals surface area (Å²) >= 11 is 0. The Balaban J connectivity index is -0.0000000667. The molecular formula is C3H11N3O11. The topological polar surface area (TPSA) is 231 Å². The Morgan fingerprint density at radius 2 is 1.00 bits per heavy atom. The average Bonchev–Trinajstić information content (AvgIpc) is 2.00. The fraction of sp³-hybridized carbons (Fsp3) is 1.00. The molecule has 0 bridgehead atoms. The van der Waals surface area contributed by atoms with Gasteiger partial charge in [-0.05, 0) is 6.92 Å². The fourth-order valence-electron chi connectivity index (χ4n) is 0. The lowest BCUT2D eigenvalue weighted by atomic mass is 10.5. The quantitative estimate of drug-likeness (QED) is 0.265. The molecule has 17 heavy (non-hydrogen) atoms. The molecule has 1 atom stereocenters. The lowest BCUT2D eigenvalue weighted by molar-refractivity contribution is -0.742. The van der Waals surface area contributed by atoms with Gasteiger partial charge in [0.25, 0.3) is 15.3 Å². The summed E-state index contributed by atoms with van der Waals surface area (Å²) in [5, 5.41) is 56.9. The standard InChI is InChI=1S/C3H8O2.3HNO3/c1-3(5)2-4;3*2-1(3)4/h3-5H,2H2,1H3;3*(H,2,3,4). The second kappa shape index (κ2) is 19.1. The molecule has 0 aromatic carbocycles. The Labute approximate surface area is 92.3 Å². The van der Waals surface area contributed by atoms with Gasteiger partial charge in [-0.3, -0.25) is 0 Å². The number of hydrogen-bond acceptors (Lipinski definition) is 8. The van der Waals surface area contributed by atoms with Crippen molar-refractivity contribution in [2.75, 3.05) is 6.61 Å². The molecule has 0 rings (SSSR count). The van der Waals surface area contributed by atoms with Gasteiger partial charge in [0.2, 0.25) is 0 Å². The zero-order valence-electron chi connectivity index (χ0n) is 8.31. The van der Waals surface area contributed by atoms with Gasteiger partial charge in [0.05, 0.1) is 12.7 Å². The maximum absolute atomic E-state index is 8.36. The molecule has 0 saturated carbocycles. The van der Waals surface area contributed by atoms with E-state index in [9.17, 15) is 0 Å². The van der Waals surface area contributed by atoms with E-state index in [1.54, 1.807) is 0 Å². The molecule has 0 spiro atoms. The largest absolute Gasteiger partial charge is 0.394 e. The van der Waals surface area contributed by atoms with Gasteiger partial charge in [-0.25, -0.2) is 0 Å². The summed E-state index contributed by atoms with van der Waals surface area (Å²) < 4.78 is 0. The predicted molar refractivity (Wildman–Crippen MR) is 45.1 cm³/mol. The van der Waals surface area contributed by atoms with E-state index in [4.69, 9.17) is 56.2 Å². The first-order chi connectivity index (χ1) is 7.47. The Bertz CT molecular complexity index is 164. The van der Waals surface area contributed by atoms with Gasteiger partial charge < -0.3 is 25.8 Å². The molecule has 104 valence electrons. The van der Waals surface area contributed by atoms with Crippen molar-refractivity contribution in [1.82, 2.24) is 0 Å². The van der Waals surface area contributed by atoms with Crippen LogP contribution in [0.3, 0.4) is 0 Å². The monoisotopic (exact) mass is 265 g/mol. The van der Waals surface area contributed by atoms with E-state index < -0.39 is 21.4 Å². The molecule has 0 aromatic heterocycles. The molecule has 0 aromatic rings. The highest BCUT2D eigenvalue weighted by Crippen LogP contribution is 1.68. The van der Waals surface area contributed by atoms with Gasteiger partial charge in [0.15, 0.2) is 0 Å². The van der Waals surface area contributed by atoms with E-state index in [0.717, 1.165) is 0 Å². The summed E-state index contributed by atoms with van der Waals surface area (Å²) in [6, 6.07) is 0. The average molecular weight is 265 g/mol. The maximum Gasteiger partial charge on any atom is 0.291 e. The summed E-state index contributed by atoms with van der Waals surface area (Å²) in [7, 11) is 0. The third-order valence-corrected chi connectivity index (χ3v) is 0.264. The van der Waals surface area contributed by atoms with Crippen LogP contribution in [0.5, 0.6) is 0 Å². The Morgan fingerprint density at radius 3 is 1.00 bits per heavy atom. The van der Waals surface area contributed by atoms with Crippen LogP contribution in [0, 0.1) is 30.3 Å². The van der Waals surface area contributed by atoms with Gasteiger partial charge in [0.1, 0.15) is 0 Å². The van der Waals surface area contributed by atoms with Crippen molar-refractivity contribution in [1.29, 1.82) is 0 Å². The van der Waals surface area contributed by atoms with E-state index in [1.807, 2.05) is 0 Å². The van der Waals surface area contributed by atoms with E-state index in [-0.39, 0.29) is 6.61 Å². The highest BCUT2D eigenvalue weighted by Gasteiger charge is 1.83. The summed E-state index contributed by atoms with van der Waals surface area (Å²) in [6.07, 6.45) is -0.560. The highest BCUT2D eigenvalue weighted by molar-refractivity contribution is 4.34. The van der Waals surface area contributed by atoms with E-state index in [2.05, 4.69) is 0 Å².